The molecule has 0 radical (unpaired) electrons. The van der Waals surface area contributed by atoms with Gasteiger partial charge in [-0.2, -0.15) is 4.98 Å². The maximum absolute atomic E-state index is 15.0. The first kappa shape index (κ1) is 23.3. The smallest absolute Gasteiger partial charge is 0.308 e. The van der Waals surface area contributed by atoms with E-state index in [4.69, 9.17) is 5.73 Å². The van der Waals surface area contributed by atoms with Gasteiger partial charge in [0.1, 0.15) is 29.6 Å². The normalized spacial score (nSPS) is 11.4. The zero-order chi connectivity index (χ0) is 26.6. The number of fused-ring (bicyclic) bond motifs is 2. The number of imidazole rings is 1. The van der Waals surface area contributed by atoms with Gasteiger partial charge < -0.3 is 10.8 Å². The van der Waals surface area contributed by atoms with Crippen LogP contribution in [-0.4, -0.2) is 24.2 Å². The highest BCUT2D eigenvalue weighted by molar-refractivity contribution is 5.85. The summed E-state index contributed by atoms with van der Waals surface area (Å²) in [6.45, 7) is 1.93. The standard InChI is InChI=1S/C28H20F2N6O2/c1-16-5-4-6-17-9-20(36(28(38)24(16)17)23-8-3-2-7-22(23)30)13-34-15-35(19-10-18(29)11-21(37)12-19)25-26(31)32-14-33-27(25)34/h2-12,14-15H,13H2,1H3,(H2-,31,32,33,37)/p+1. The highest BCUT2D eigenvalue weighted by Crippen LogP contribution is 2.25. The van der Waals surface area contributed by atoms with Crippen LogP contribution in [-0.2, 0) is 6.54 Å². The van der Waals surface area contributed by atoms with Crippen LogP contribution in [0.4, 0.5) is 14.6 Å². The molecule has 8 nitrogen and oxygen atoms in total. The molecule has 0 saturated carbocycles. The van der Waals surface area contributed by atoms with Crippen molar-refractivity contribution in [3.8, 4) is 17.1 Å². The van der Waals surface area contributed by atoms with Gasteiger partial charge in [-0.05, 0) is 36.1 Å². The largest absolute Gasteiger partial charge is 0.508 e. The minimum Gasteiger partial charge on any atom is -0.508 e. The van der Waals surface area contributed by atoms with E-state index < -0.39 is 11.6 Å². The number of aryl methyl sites for hydroxylation is 1. The second-order valence-corrected chi connectivity index (χ2v) is 8.98. The molecule has 38 heavy (non-hydrogen) atoms. The molecule has 3 aromatic carbocycles. The zero-order valence-electron chi connectivity index (χ0n) is 20.1. The summed E-state index contributed by atoms with van der Waals surface area (Å²) in [6.07, 6.45) is 2.93. The fourth-order valence-electron chi connectivity index (χ4n) is 4.86. The molecule has 3 heterocycles. The Bertz CT molecular complexity index is 1930. The fourth-order valence-corrected chi connectivity index (χ4v) is 4.86. The van der Waals surface area contributed by atoms with Crippen molar-refractivity contribution in [3.63, 3.8) is 0 Å². The van der Waals surface area contributed by atoms with Gasteiger partial charge in [0.05, 0.1) is 16.8 Å². The molecule has 3 N–H and O–H groups in total. The summed E-state index contributed by atoms with van der Waals surface area (Å²) in [4.78, 5) is 22.3. The van der Waals surface area contributed by atoms with Gasteiger partial charge in [-0.3, -0.25) is 9.36 Å². The van der Waals surface area contributed by atoms with Crippen molar-refractivity contribution in [3.05, 3.63) is 113 Å². The van der Waals surface area contributed by atoms with Crippen molar-refractivity contribution in [1.29, 1.82) is 0 Å². The van der Waals surface area contributed by atoms with Crippen molar-refractivity contribution < 1.29 is 18.5 Å². The number of hydrogen-bond donors (Lipinski definition) is 2. The number of rotatable bonds is 4. The average Bonchev–Trinajstić information content (AvgIpc) is 3.24. The van der Waals surface area contributed by atoms with Crippen LogP contribution in [0.25, 0.3) is 33.3 Å². The first-order chi connectivity index (χ1) is 18.3. The highest BCUT2D eigenvalue weighted by atomic mass is 19.1. The topological polar surface area (TPSA) is 103 Å². The molecular formula is C28H21F2N6O2+. The van der Waals surface area contributed by atoms with E-state index >= 15 is 4.39 Å². The maximum atomic E-state index is 15.0. The van der Waals surface area contributed by atoms with Crippen molar-refractivity contribution >= 4 is 27.8 Å². The van der Waals surface area contributed by atoms with E-state index in [1.165, 1.54) is 29.1 Å². The summed E-state index contributed by atoms with van der Waals surface area (Å²) < 4.78 is 33.8. The minimum absolute atomic E-state index is 0.0920. The number of nitrogen functional groups attached to an aromatic ring is 1. The van der Waals surface area contributed by atoms with Crippen LogP contribution in [0.15, 0.2) is 84.2 Å². The first-order valence-corrected chi connectivity index (χ1v) is 11.7. The Kier molecular flexibility index (Phi) is 5.37. The Balaban J connectivity index is 1.63. The van der Waals surface area contributed by atoms with Crippen LogP contribution in [0.1, 0.15) is 11.3 Å². The van der Waals surface area contributed by atoms with E-state index in [9.17, 15) is 14.3 Å². The van der Waals surface area contributed by atoms with E-state index in [1.54, 1.807) is 33.7 Å². The first-order valence-electron chi connectivity index (χ1n) is 11.7. The molecule has 188 valence electrons. The van der Waals surface area contributed by atoms with E-state index in [0.717, 1.165) is 11.6 Å². The third kappa shape index (κ3) is 3.74. The number of benzene rings is 3. The number of nitrogens with two attached hydrogens (primary N) is 1. The summed E-state index contributed by atoms with van der Waals surface area (Å²) >= 11 is 0. The minimum atomic E-state index is -0.637. The summed E-state index contributed by atoms with van der Waals surface area (Å²) in [5, 5.41) is 11.2. The van der Waals surface area contributed by atoms with Crippen molar-refractivity contribution in [2.75, 3.05) is 5.73 Å². The van der Waals surface area contributed by atoms with Gasteiger partial charge in [0, 0.05) is 18.2 Å². The van der Waals surface area contributed by atoms with Crippen LogP contribution in [0, 0.1) is 18.6 Å². The molecule has 0 aliphatic heterocycles. The molecule has 0 unspecified atom stereocenters. The molecule has 0 amide bonds. The summed E-state index contributed by atoms with van der Waals surface area (Å²) in [5.74, 6) is -1.31. The number of aromatic hydroxyl groups is 1. The zero-order valence-corrected chi connectivity index (χ0v) is 20.1. The van der Waals surface area contributed by atoms with Crippen LogP contribution >= 0.6 is 0 Å². The maximum Gasteiger partial charge on any atom is 0.308 e. The third-order valence-electron chi connectivity index (χ3n) is 6.50. The second-order valence-electron chi connectivity index (χ2n) is 8.98. The number of aromatic nitrogens is 5. The lowest BCUT2D eigenvalue weighted by molar-refractivity contribution is -0.665. The quantitative estimate of drug-likeness (QED) is 0.349. The lowest BCUT2D eigenvalue weighted by Gasteiger charge is -2.15. The van der Waals surface area contributed by atoms with Crippen molar-refractivity contribution in [1.82, 2.24) is 19.1 Å². The van der Waals surface area contributed by atoms with Crippen LogP contribution in [0.3, 0.4) is 0 Å². The van der Waals surface area contributed by atoms with Gasteiger partial charge in [0.15, 0.2) is 18.5 Å². The number of nitrogens with zero attached hydrogens (tertiary/aromatic N) is 5. The molecule has 0 spiro atoms. The Hall–Kier alpha value is -5.12. The number of hydrogen-bond acceptors (Lipinski definition) is 5. The van der Waals surface area contributed by atoms with Crippen LogP contribution in [0.5, 0.6) is 5.75 Å². The summed E-state index contributed by atoms with van der Waals surface area (Å²) in [7, 11) is 0. The van der Waals surface area contributed by atoms with E-state index in [-0.39, 0.29) is 29.4 Å². The Morgan fingerprint density at radius 2 is 1.84 bits per heavy atom. The predicted molar refractivity (Wildman–Crippen MR) is 138 cm³/mol. The van der Waals surface area contributed by atoms with Gasteiger partial charge in [-0.25, -0.2) is 17.9 Å². The van der Waals surface area contributed by atoms with Crippen LogP contribution in [0.2, 0.25) is 0 Å². The van der Waals surface area contributed by atoms with Gasteiger partial charge in [0.25, 0.3) is 5.56 Å². The van der Waals surface area contributed by atoms with Crippen LogP contribution < -0.4 is 15.9 Å². The molecule has 0 saturated heterocycles. The summed E-state index contributed by atoms with van der Waals surface area (Å²) in [6, 6.07) is 17.1. The number of halogens is 2. The number of para-hydroxylation sites is 1. The van der Waals surface area contributed by atoms with E-state index in [0.29, 0.717) is 33.3 Å². The van der Waals surface area contributed by atoms with Gasteiger partial charge in [0.2, 0.25) is 5.52 Å². The second kappa shape index (κ2) is 8.77. The monoisotopic (exact) mass is 511 g/mol. The SMILES string of the molecule is Cc1cccc2cc(C[n+]3cn(-c4cc(O)cc(F)c4)c4c(N)ncnc43)n(-c3ccccc3F)c(=O)c12. The van der Waals surface area contributed by atoms with E-state index in [2.05, 4.69) is 9.97 Å². The highest BCUT2D eigenvalue weighted by Gasteiger charge is 2.24. The molecule has 0 aliphatic carbocycles. The molecule has 6 rings (SSSR count). The number of phenolic OH excluding ortho intramolecular Hbond substituents is 1. The molecule has 6 aromatic rings. The van der Waals surface area contributed by atoms with Crippen molar-refractivity contribution in [2.24, 2.45) is 0 Å². The predicted octanol–water partition coefficient (Wildman–Crippen LogP) is 3.93. The molecule has 3 aromatic heterocycles. The molecular weight excluding hydrogens is 490 g/mol. The molecule has 0 bridgehead atoms. The summed E-state index contributed by atoms with van der Waals surface area (Å²) in [5.41, 5.74) is 8.30. The molecule has 0 fully saturated rings. The fraction of sp³-hybridized carbons (Fsp3) is 0.0714. The lowest BCUT2D eigenvalue weighted by atomic mass is 10.1. The number of pyridine rings is 1. The Labute approximate surface area is 214 Å². The van der Waals surface area contributed by atoms with Gasteiger partial charge in [-0.15, -0.1) is 0 Å². The number of phenols is 1. The third-order valence-corrected chi connectivity index (χ3v) is 6.50. The Morgan fingerprint density at radius 3 is 2.63 bits per heavy atom. The molecule has 0 aliphatic rings. The lowest BCUT2D eigenvalue weighted by Crippen LogP contribution is -2.37. The average molecular weight is 512 g/mol. The Morgan fingerprint density at radius 1 is 1.03 bits per heavy atom. The van der Waals surface area contributed by atoms with E-state index in [1.807, 2.05) is 31.2 Å². The molecule has 0 atom stereocenters. The van der Waals surface area contributed by atoms with Gasteiger partial charge >= 0.3 is 5.65 Å². The van der Waals surface area contributed by atoms with Gasteiger partial charge in [-0.1, -0.05) is 35.3 Å². The molecule has 10 heteroatoms. The number of anilines is 1. The van der Waals surface area contributed by atoms with Crippen molar-refractivity contribution in [2.45, 2.75) is 13.5 Å².